The van der Waals surface area contributed by atoms with Crippen molar-refractivity contribution in [2.75, 3.05) is 46.9 Å². The molecular formula is C18H30N2O2. The Bertz CT molecular complexity index is 411. The maximum absolute atomic E-state index is 10.4. The molecule has 4 nitrogen and oxygen atoms in total. The molecule has 1 aromatic rings. The lowest BCUT2D eigenvalue weighted by Crippen LogP contribution is -2.44. The molecule has 1 heterocycles. The van der Waals surface area contributed by atoms with Crippen LogP contribution in [0.25, 0.3) is 0 Å². The van der Waals surface area contributed by atoms with Gasteiger partial charge in [0.05, 0.1) is 12.7 Å². The quantitative estimate of drug-likeness (QED) is 0.795. The number of benzene rings is 1. The Kier molecular flexibility index (Phi) is 7.33. The number of aliphatic hydroxyl groups is 1. The fraction of sp³-hybridized carbons (Fsp3) is 0.667. The Balaban J connectivity index is 1.71. The van der Waals surface area contributed by atoms with Crippen LogP contribution in [0.5, 0.6) is 0 Å². The van der Waals surface area contributed by atoms with Crippen LogP contribution in [-0.2, 0) is 11.3 Å². The van der Waals surface area contributed by atoms with Gasteiger partial charge in [0.15, 0.2) is 0 Å². The number of β-amino-alcohol motifs (C(OH)–C–C–N with tert-alkyl or cyclic N) is 1. The summed E-state index contributed by atoms with van der Waals surface area (Å²) in [5.41, 5.74) is 1.29. The molecule has 1 aliphatic rings. The number of hydrogen-bond donors (Lipinski definition) is 1. The van der Waals surface area contributed by atoms with E-state index in [1.54, 1.807) is 7.11 Å². The summed E-state index contributed by atoms with van der Waals surface area (Å²) < 4.78 is 5.27. The summed E-state index contributed by atoms with van der Waals surface area (Å²) in [5.74, 6) is 0.619. The van der Waals surface area contributed by atoms with Crippen molar-refractivity contribution in [2.45, 2.75) is 25.5 Å². The summed E-state index contributed by atoms with van der Waals surface area (Å²) in [6, 6.07) is 10.4. The van der Waals surface area contributed by atoms with Gasteiger partial charge in [-0.15, -0.1) is 0 Å². The Morgan fingerprint density at radius 3 is 2.86 bits per heavy atom. The van der Waals surface area contributed by atoms with E-state index in [4.69, 9.17) is 4.74 Å². The van der Waals surface area contributed by atoms with Crippen molar-refractivity contribution in [2.24, 2.45) is 5.92 Å². The standard InChI is InChI=1S/C18H30N2O2/c1-19(11-16-7-4-3-5-8-16)13-18(21)14-20-10-6-9-17(12-20)15-22-2/h3-5,7-8,17-18,21H,6,9-15H2,1-2H3. The molecule has 0 aliphatic carbocycles. The van der Waals surface area contributed by atoms with E-state index in [1.807, 2.05) is 6.07 Å². The maximum Gasteiger partial charge on any atom is 0.0793 e. The second-order valence-corrected chi connectivity index (χ2v) is 6.56. The molecule has 0 aromatic heterocycles. The third-order valence-corrected chi connectivity index (χ3v) is 4.29. The van der Waals surface area contributed by atoms with Crippen LogP contribution in [0.3, 0.4) is 0 Å². The van der Waals surface area contributed by atoms with E-state index in [2.05, 4.69) is 41.1 Å². The summed E-state index contributed by atoms with van der Waals surface area (Å²) in [6.45, 7) is 5.33. The van der Waals surface area contributed by atoms with Gasteiger partial charge in [-0.05, 0) is 37.9 Å². The zero-order chi connectivity index (χ0) is 15.8. The van der Waals surface area contributed by atoms with Gasteiger partial charge < -0.3 is 14.7 Å². The molecule has 4 heteroatoms. The van der Waals surface area contributed by atoms with Gasteiger partial charge in [-0.1, -0.05) is 30.3 Å². The van der Waals surface area contributed by atoms with Crippen molar-refractivity contribution in [3.05, 3.63) is 35.9 Å². The Hall–Kier alpha value is -0.940. The molecule has 1 aliphatic heterocycles. The van der Waals surface area contributed by atoms with Crippen LogP contribution in [0.15, 0.2) is 30.3 Å². The monoisotopic (exact) mass is 306 g/mol. The summed E-state index contributed by atoms with van der Waals surface area (Å²) in [7, 11) is 3.84. The number of ether oxygens (including phenoxy) is 1. The molecule has 2 atom stereocenters. The number of hydrogen-bond acceptors (Lipinski definition) is 4. The molecule has 2 unspecified atom stereocenters. The zero-order valence-electron chi connectivity index (χ0n) is 13.9. The van der Waals surface area contributed by atoms with Gasteiger partial charge in [0, 0.05) is 33.3 Å². The highest BCUT2D eigenvalue weighted by atomic mass is 16.5. The summed E-state index contributed by atoms with van der Waals surface area (Å²) in [4.78, 5) is 4.57. The minimum absolute atomic E-state index is 0.296. The molecule has 1 fully saturated rings. The molecule has 2 rings (SSSR count). The number of nitrogens with zero attached hydrogens (tertiary/aromatic N) is 2. The number of piperidine rings is 1. The number of methoxy groups -OCH3 is 1. The predicted octanol–water partition coefficient (Wildman–Crippen LogP) is 1.84. The molecule has 1 N–H and O–H groups in total. The van der Waals surface area contributed by atoms with Crippen LogP contribution >= 0.6 is 0 Å². The fourth-order valence-corrected chi connectivity index (χ4v) is 3.36. The lowest BCUT2D eigenvalue weighted by molar-refractivity contribution is 0.0435. The van der Waals surface area contributed by atoms with Crippen molar-refractivity contribution in [3.8, 4) is 0 Å². The molecule has 0 saturated carbocycles. The van der Waals surface area contributed by atoms with E-state index in [1.165, 1.54) is 18.4 Å². The average molecular weight is 306 g/mol. The van der Waals surface area contributed by atoms with Crippen LogP contribution in [0.4, 0.5) is 0 Å². The topological polar surface area (TPSA) is 35.9 Å². The molecule has 0 bridgehead atoms. The lowest BCUT2D eigenvalue weighted by atomic mass is 9.98. The second kappa shape index (κ2) is 9.26. The van der Waals surface area contributed by atoms with Gasteiger partial charge in [-0.25, -0.2) is 0 Å². The van der Waals surface area contributed by atoms with Crippen LogP contribution < -0.4 is 0 Å². The third-order valence-electron chi connectivity index (χ3n) is 4.29. The summed E-state index contributed by atoms with van der Waals surface area (Å²) in [6.07, 6.45) is 2.16. The van der Waals surface area contributed by atoms with Gasteiger partial charge in [-0.3, -0.25) is 4.90 Å². The minimum Gasteiger partial charge on any atom is -0.390 e. The van der Waals surface area contributed by atoms with Crippen LogP contribution in [-0.4, -0.2) is 68.0 Å². The third kappa shape index (κ3) is 6.05. The molecule has 0 spiro atoms. The Labute approximate surface area is 134 Å². The first-order valence-electron chi connectivity index (χ1n) is 8.29. The molecule has 0 amide bonds. The molecule has 22 heavy (non-hydrogen) atoms. The van der Waals surface area contributed by atoms with Gasteiger partial charge in [0.2, 0.25) is 0 Å². The van der Waals surface area contributed by atoms with Crippen molar-refractivity contribution >= 4 is 0 Å². The van der Waals surface area contributed by atoms with E-state index >= 15 is 0 Å². The van der Waals surface area contributed by atoms with Crippen molar-refractivity contribution in [1.29, 1.82) is 0 Å². The first-order valence-corrected chi connectivity index (χ1v) is 8.29. The number of likely N-dealkylation sites (N-methyl/N-ethyl adjacent to an activating group) is 1. The van der Waals surface area contributed by atoms with Gasteiger partial charge in [-0.2, -0.15) is 0 Å². The van der Waals surface area contributed by atoms with Crippen molar-refractivity contribution in [1.82, 2.24) is 9.80 Å². The van der Waals surface area contributed by atoms with E-state index < -0.39 is 0 Å². The van der Waals surface area contributed by atoms with E-state index in [-0.39, 0.29) is 6.10 Å². The first kappa shape index (κ1) is 17.4. The largest absolute Gasteiger partial charge is 0.390 e. The Morgan fingerprint density at radius 1 is 1.36 bits per heavy atom. The second-order valence-electron chi connectivity index (χ2n) is 6.56. The zero-order valence-corrected chi connectivity index (χ0v) is 13.9. The number of aliphatic hydroxyl groups excluding tert-OH is 1. The molecule has 1 saturated heterocycles. The van der Waals surface area contributed by atoms with Crippen LogP contribution in [0.2, 0.25) is 0 Å². The molecule has 1 aromatic carbocycles. The van der Waals surface area contributed by atoms with Gasteiger partial charge in [0.25, 0.3) is 0 Å². The SMILES string of the molecule is COCC1CCCN(CC(O)CN(C)Cc2ccccc2)C1. The van der Waals surface area contributed by atoms with Crippen LogP contribution in [0.1, 0.15) is 18.4 Å². The predicted molar refractivity (Wildman–Crippen MR) is 89.8 cm³/mol. The van der Waals surface area contributed by atoms with Crippen molar-refractivity contribution < 1.29 is 9.84 Å². The minimum atomic E-state index is -0.296. The lowest BCUT2D eigenvalue weighted by Gasteiger charge is -2.34. The highest BCUT2D eigenvalue weighted by Gasteiger charge is 2.22. The normalized spacial score (nSPS) is 21.2. The van der Waals surface area contributed by atoms with E-state index in [0.717, 1.165) is 32.8 Å². The maximum atomic E-state index is 10.4. The van der Waals surface area contributed by atoms with Gasteiger partial charge >= 0.3 is 0 Å². The highest BCUT2D eigenvalue weighted by Crippen LogP contribution is 2.17. The highest BCUT2D eigenvalue weighted by molar-refractivity contribution is 5.14. The van der Waals surface area contributed by atoms with Crippen molar-refractivity contribution in [3.63, 3.8) is 0 Å². The summed E-state index contributed by atoms with van der Waals surface area (Å²) >= 11 is 0. The van der Waals surface area contributed by atoms with Crippen LogP contribution in [0, 0.1) is 5.92 Å². The molecular weight excluding hydrogens is 276 g/mol. The first-order chi connectivity index (χ1) is 10.7. The summed E-state index contributed by atoms with van der Waals surface area (Å²) in [5, 5.41) is 10.4. The average Bonchev–Trinajstić information content (AvgIpc) is 2.48. The van der Waals surface area contributed by atoms with E-state index in [9.17, 15) is 5.11 Å². The molecule has 124 valence electrons. The number of rotatable bonds is 8. The Morgan fingerprint density at radius 2 is 2.14 bits per heavy atom. The van der Waals surface area contributed by atoms with E-state index in [0.29, 0.717) is 12.5 Å². The fourth-order valence-electron chi connectivity index (χ4n) is 3.36. The smallest absolute Gasteiger partial charge is 0.0793 e. The van der Waals surface area contributed by atoms with Gasteiger partial charge in [0.1, 0.15) is 0 Å². The number of likely N-dealkylation sites (tertiary alicyclic amines) is 1. The molecule has 0 radical (unpaired) electrons.